The van der Waals surface area contributed by atoms with Crippen molar-refractivity contribution in [2.45, 2.75) is 38.1 Å². The van der Waals surface area contributed by atoms with E-state index in [0.717, 1.165) is 18.6 Å². The molecule has 2 N–H and O–H groups in total. The molecule has 0 saturated carbocycles. The molecule has 0 bridgehead atoms. The lowest BCUT2D eigenvalue weighted by molar-refractivity contribution is -0.137. The van der Waals surface area contributed by atoms with Gasteiger partial charge in [-0.05, 0) is 24.1 Å². The Morgan fingerprint density at radius 1 is 1.30 bits per heavy atom. The van der Waals surface area contributed by atoms with Crippen molar-refractivity contribution in [3.05, 3.63) is 35.4 Å². The molecule has 2 unspecified atom stereocenters. The Hall–Kier alpha value is -1.51. The summed E-state index contributed by atoms with van der Waals surface area (Å²) in [5.74, 6) is 2.54. The van der Waals surface area contributed by atoms with E-state index in [1.807, 2.05) is 6.92 Å². The molecule has 0 aliphatic carbocycles. The van der Waals surface area contributed by atoms with E-state index >= 15 is 0 Å². The number of hydrogen-bond acceptors (Lipinski definition) is 2. The molecule has 0 heterocycles. The van der Waals surface area contributed by atoms with E-state index in [0.29, 0.717) is 12.0 Å². The molecule has 0 radical (unpaired) electrons. The quantitative estimate of drug-likeness (QED) is 0.787. The van der Waals surface area contributed by atoms with Crippen LogP contribution in [0.3, 0.4) is 0 Å². The van der Waals surface area contributed by atoms with Gasteiger partial charge >= 0.3 is 6.18 Å². The van der Waals surface area contributed by atoms with Crippen LogP contribution in [0.5, 0.6) is 0 Å². The van der Waals surface area contributed by atoms with Gasteiger partial charge in [0.1, 0.15) is 0 Å². The number of aliphatic hydroxyl groups is 1. The second-order valence-electron chi connectivity index (χ2n) is 4.56. The molecule has 0 aromatic heterocycles. The summed E-state index contributed by atoms with van der Waals surface area (Å²) in [5.41, 5.74) is -0.277. The number of halogens is 3. The minimum Gasteiger partial charge on any atom is -0.387 e. The van der Waals surface area contributed by atoms with Crippen LogP contribution in [0.25, 0.3) is 0 Å². The van der Waals surface area contributed by atoms with Crippen molar-refractivity contribution in [3.8, 4) is 12.3 Å². The molecule has 5 heteroatoms. The van der Waals surface area contributed by atoms with Gasteiger partial charge in [0, 0.05) is 19.0 Å². The molecule has 0 aliphatic rings. The van der Waals surface area contributed by atoms with Crippen molar-refractivity contribution in [1.29, 1.82) is 0 Å². The maximum Gasteiger partial charge on any atom is 0.416 e. The molecule has 2 nitrogen and oxygen atoms in total. The maximum absolute atomic E-state index is 12.4. The largest absolute Gasteiger partial charge is 0.416 e. The monoisotopic (exact) mass is 285 g/mol. The average Bonchev–Trinajstić information content (AvgIpc) is 2.42. The van der Waals surface area contributed by atoms with Crippen LogP contribution in [-0.4, -0.2) is 17.7 Å². The first-order chi connectivity index (χ1) is 9.38. The zero-order valence-electron chi connectivity index (χ0n) is 11.2. The van der Waals surface area contributed by atoms with E-state index in [1.54, 1.807) is 0 Å². The summed E-state index contributed by atoms with van der Waals surface area (Å²) in [6.07, 6.45) is 1.38. The first kappa shape index (κ1) is 16.5. The number of hydrogen-bond donors (Lipinski definition) is 2. The van der Waals surface area contributed by atoms with Crippen LogP contribution in [0.2, 0.25) is 0 Å². The number of alkyl halides is 3. The van der Waals surface area contributed by atoms with Gasteiger partial charge < -0.3 is 10.4 Å². The van der Waals surface area contributed by atoms with Gasteiger partial charge in [-0.2, -0.15) is 13.2 Å². The van der Waals surface area contributed by atoms with Crippen LogP contribution in [0.4, 0.5) is 13.2 Å². The van der Waals surface area contributed by atoms with Gasteiger partial charge in [0.2, 0.25) is 0 Å². The molecule has 0 amide bonds. The van der Waals surface area contributed by atoms with E-state index in [1.165, 1.54) is 12.1 Å². The van der Waals surface area contributed by atoms with Crippen molar-refractivity contribution < 1.29 is 18.3 Å². The average molecular weight is 285 g/mol. The van der Waals surface area contributed by atoms with E-state index in [9.17, 15) is 18.3 Å². The van der Waals surface area contributed by atoms with Crippen LogP contribution < -0.4 is 5.32 Å². The zero-order chi connectivity index (χ0) is 15.2. The van der Waals surface area contributed by atoms with E-state index in [-0.39, 0.29) is 12.6 Å². The highest BCUT2D eigenvalue weighted by Crippen LogP contribution is 2.29. The minimum absolute atomic E-state index is 0.101. The fourth-order valence-electron chi connectivity index (χ4n) is 1.79. The number of aliphatic hydroxyl groups excluding tert-OH is 1. The Labute approximate surface area is 117 Å². The number of nitrogens with one attached hydrogen (secondary N) is 1. The first-order valence-electron chi connectivity index (χ1n) is 6.40. The summed E-state index contributed by atoms with van der Waals surface area (Å²) in [5, 5.41) is 13.0. The van der Waals surface area contributed by atoms with E-state index in [2.05, 4.69) is 11.2 Å². The molecule has 1 aromatic rings. The highest BCUT2D eigenvalue weighted by molar-refractivity contribution is 5.26. The van der Waals surface area contributed by atoms with Crippen molar-refractivity contribution in [2.75, 3.05) is 6.54 Å². The summed E-state index contributed by atoms with van der Waals surface area (Å²) in [4.78, 5) is 0. The van der Waals surface area contributed by atoms with Gasteiger partial charge in [-0.25, -0.2) is 0 Å². The van der Waals surface area contributed by atoms with Crippen LogP contribution in [0.15, 0.2) is 24.3 Å². The third kappa shape index (κ3) is 4.87. The van der Waals surface area contributed by atoms with Gasteiger partial charge in [0.15, 0.2) is 0 Å². The van der Waals surface area contributed by atoms with Gasteiger partial charge in [0.05, 0.1) is 11.7 Å². The lowest BCUT2D eigenvalue weighted by Gasteiger charge is -2.18. The highest BCUT2D eigenvalue weighted by atomic mass is 19.4. The fraction of sp³-hybridized carbons (Fsp3) is 0.467. The van der Waals surface area contributed by atoms with Gasteiger partial charge in [0.25, 0.3) is 0 Å². The Bertz CT molecular complexity index is 448. The summed E-state index contributed by atoms with van der Waals surface area (Å²) < 4.78 is 37.2. The van der Waals surface area contributed by atoms with Gasteiger partial charge in [-0.1, -0.05) is 19.1 Å². The zero-order valence-corrected chi connectivity index (χ0v) is 11.2. The van der Waals surface area contributed by atoms with Gasteiger partial charge in [-0.15, -0.1) is 12.3 Å². The van der Waals surface area contributed by atoms with Crippen molar-refractivity contribution in [2.24, 2.45) is 0 Å². The summed E-state index contributed by atoms with van der Waals surface area (Å²) in [6.45, 7) is 2.23. The molecular formula is C15H18F3NO. The standard InChI is InChI=1S/C15H18F3NO/c1-3-5-13(4-2)19-10-14(20)11-6-8-12(9-7-11)15(16,17)18/h1,6-9,13-14,19-20H,4-5,10H2,2H3. The predicted molar refractivity (Wildman–Crippen MR) is 71.9 cm³/mol. The number of rotatable bonds is 6. The minimum atomic E-state index is -4.36. The summed E-state index contributed by atoms with van der Waals surface area (Å²) in [6, 6.07) is 4.62. The molecular weight excluding hydrogens is 267 g/mol. The molecule has 2 atom stereocenters. The molecule has 110 valence electrons. The Kier molecular flexibility index (Phi) is 6.05. The summed E-state index contributed by atoms with van der Waals surface area (Å²) >= 11 is 0. The molecule has 0 aliphatic heterocycles. The molecule has 1 rings (SSSR count). The third-order valence-corrected chi connectivity index (χ3v) is 3.08. The normalized spacial score (nSPS) is 14.6. The van der Waals surface area contributed by atoms with Crippen LogP contribution in [0, 0.1) is 12.3 Å². The third-order valence-electron chi connectivity index (χ3n) is 3.08. The second kappa shape index (κ2) is 7.32. The van der Waals surface area contributed by atoms with Crippen molar-refractivity contribution in [3.63, 3.8) is 0 Å². The van der Waals surface area contributed by atoms with E-state index < -0.39 is 17.8 Å². The Morgan fingerprint density at radius 2 is 1.90 bits per heavy atom. The van der Waals surface area contributed by atoms with Crippen LogP contribution in [0.1, 0.15) is 37.0 Å². The first-order valence-corrected chi connectivity index (χ1v) is 6.40. The van der Waals surface area contributed by atoms with Crippen molar-refractivity contribution >= 4 is 0 Å². The van der Waals surface area contributed by atoms with Crippen LogP contribution >= 0.6 is 0 Å². The van der Waals surface area contributed by atoms with Crippen molar-refractivity contribution in [1.82, 2.24) is 5.32 Å². The number of terminal acetylenes is 1. The molecule has 0 saturated heterocycles. The molecule has 20 heavy (non-hydrogen) atoms. The smallest absolute Gasteiger partial charge is 0.387 e. The predicted octanol–water partition coefficient (Wildman–Crippen LogP) is 3.13. The topological polar surface area (TPSA) is 32.3 Å². The molecule has 0 spiro atoms. The lowest BCUT2D eigenvalue weighted by Crippen LogP contribution is -2.32. The Morgan fingerprint density at radius 3 is 2.35 bits per heavy atom. The SMILES string of the molecule is C#CCC(CC)NCC(O)c1ccc(C(F)(F)F)cc1. The lowest BCUT2D eigenvalue weighted by atomic mass is 10.1. The molecule has 1 aromatic carbocycles. The number of benzene rings is 1. The fourth-order valence-corrected chi connectivity index (χ4v) is 1.79. The van der Waals surface area contributed by atoms with E-state index in [4.69, 9.17) is 6.42 Å². The van der Waals surface area contributed by atoms with Gasteiger partial charge in [-0.3, -0.25) is 0 Å². The van der Waals surface area contributed by atoms with Crippen LogP contribution in [-0.2, 0) is 6.18 Å². The maximum atomic E-state index is 12.4. The summed E-state index contributed by atoms with van der Waals surface area (Å²) in [7, 11) is 0. The Balaban J connectivity index is 2.60. The molecule has 0 fully saturated rings. The highest BCUT2D eigenvalue weighted by Gasteiger charge is 2.30. The second-order valence-corrected chi connectivity index (χ2v) is 4.56.